The molecule has 4 rings (SSSR count). The van der Waals surface area contributed by atoms with Crippen molar-refractivity contribution < 1.29 is 4.79 Å². The minimum absolute atomic E-state index is 0.254. The summed E-state index contributed by atoms with van der Waals surface area (Å²) in [6.07, 6.45) is 9.76. The van der Waals surface area contributed by atoms with Crippen LogP contribution in [0.4, 0.5) is 0 Å². The molecule has 2 aliphatic rings. The van der Waals surface area contributed by atoms with Gasteiger partial charge < -0.3 is 9.80 Å². The summed E-state index contributed by atoms with van der Waals surface area (Å²) >= 11 is 0. The highest BCUT2D eigenvalue weighted by Crippen LogP contribution is 2.44. The van der Waals surface area contributed by atoms with E-state index in [9.17, 15) is 4.79 Å². The summed E-state index contributed by atoms with van der Waals surface area (Å²) in [5.74, 6) is 0.850. The van der Waals surface area contributed by atoms with E-state index in [2.05, 4.69) is 57.1 Å². The van der Waals surface area contributed by atoms with E-state index in [0.29, 0.717) is 24.2 Å². The van der Waals surface area contributed by atoms with Crippen LogP contribution in [0.3, 0.4) is 0 Å². The van der Waals surface area contributed by atoms with Gasteiger partial charge in [-0.2, -0.15) is 0 Å². The van der Waals surface area contributed by atoms with Crippen LogP contribution in [-0.2, 0) is 11.2 Å². The molecule has 5 heteroatoms. The van der Waals surface area contributed by atoms with Crippen LogP contribution < -0.4 is 0 Å². The molecule has 1 spiro atoms. The first-order chi connectivity index (χ1) is 13.6. The van der Waals surface area contributed by atoms with Crippen LogP contribution in [-0.4, -0.2) is 58.9 Å². The Morgan fingerprint density at radius 2 is 1.96 bits per heavy atom. The molecular weight excluding hydrogens is 348 g/mol. The van der Waals surface area contributed by atoms with Crippen molar-refractivity contribution in [1.29, 1.82) is 0 Å². The lowest BCUT2D eigenvalue weighted by atomic mass is 9.68. The molecule has 1 atom stereocenters. The lowest BCUT2D eigenvalue weighted by Crippen LogP contribution is -2.51. The number of aromatic nitrogens is 2. The Balaban J connectivity index is 1.34. The predicted octanol–water partition coefficient (Wildman–Crippen LogP) is 3.14. The van der Waals surface area contributed by atoms with Crippen molar-refractivity contribution in [3.8, 4) is 0 Å². The molecule has 3 heterocycles. The van der Waals surface area contributed by atoms with Gasteiger partial charge in [-0.25, -0.2) is 0 Å². The highest BCUT2D eigenvalue weighted by atomic mass is 16.2. The van der Waals surface area contributed by atoms with Gasteiger partial charge in [0.25, 0.3) is 0 Å². The van der Waals surface area contributed by atoms with Crippen molar-refractivity contribution in [1.82, 2.24) is 19.8 Å². The third kappa shape index (κ3) is 4.41. The van der Waals surface area contributed by atoms with Crippen LogP contribution in [0, 0.1) is 5.41 Å². The highest BCUT2D eigenvalue weighted by Gasteiger charge is 2.41. The second-order valence-corrected chi connectivity index (χ2v) is 8.59. The van der Waals surface area contributed by atoms with Gasteiger partial charge in [0.05, 0.1) is 5.69 Å². The molecule has 5 nitrogen and oxygen atoms in total. The fourth-order valence-electron chi connectivity index (χ4n) is 5.06. The number of aryl methyl sites for hydroxylation is 1. The molecule has 1 unspecified atom stereocenters. The zero-order chi connectivity index (χ0) is 19.4. The quantitative estimate of drug-likeness (QED) is 0.820. The Hall–Kier alpha value is -2.27. The van der Waals surface area contributed by atoms with Gasteiger partial charge in [-0.1, -0.05) is 30.3 Å². The number of likely N-dealkylation sites (N-methyl/N-ethyl adjacent to an activating group) is 1. The van der Waals surface area contributed by atoms with Crippen molar-refractivity contribution in [2.45, 2.75) is 38.0 Å². The van der Waals surface area contributed by atoms with Gasteiger partial charge in [-0.3, -0.25) is 14.8 Å². The summed E-state index contributed by atoms with van der Waals surface area (Å²) in [5, 5.41) is 0. The number of carbonyl (C=O) groups is 1. The van der Waals surface area contributed by atoms with E-state index < -0.39 is 0 Å². The third-order valence-electron chi connectivity index (χ3n) is 6.48. The number of nitrogens with zero attached hydrogens (tertiary/aromatic N) is 4. The van der Waals surface area contributed by atoms with Gasteiger partial charge in [0.15, 0.2) is 0 Å². The number of likely N-dealkylation sites (tertiary alicyclic amines) is 2. The van der Waals surface area contributed by atoms with E-state index in [1.807, 2.05) is 0 Å². The third-order valence-corrected chi connectivity index (χ3v) is 6.48. The number of piperidine rings is 2. The Morgan fingerprint density at radius 3 is 2.68 bits per heavy atom. The summed E-state index contributed by atoms with van der Waals surface area (Å²) < 4.78 is 0. The van der Waals surface area contributed by atoms with Gasteiger partial charge in [-0.15, -0.1) is 0 Å². The number of hydrogen-bond acceptors (Lipinski definition) is 4. The fraction of sp³-hybridized carbons (Fsp3) is 0.522. The minimum Gasteiger partial charge on any atom is -0.343 e. The highest BCUT2D eigenvalue weighted by molar-refractivity contribution is 5.76. The molecule has 28 heavy (non-hydrogen) atoms. The van der Waals surface area contributed by atoms with E-state index in [1.165, 1.54) is 12.0 Å². The van der Waals surface area contributed by atoms with E-state index in [1.54, 1.807) is 18.6 Å². The maximum absolute atomic E-state index is 12.7. The average Bonchev–Trinajstić information content (AvgIpc) is 2.73. The molecule has 2 aromatic rings. The first-order valence-corrected chi connectivity index (χ1v) is 10.4. The molecule has 0 radical (unpaired) electrons. The molecule has 148 valence electrons. The topological polar surface area (TPSA) is 49.3 Å². The minimum atomic E-state index is 0.254. The predicted molar refractivity (Wildman–Crippen MR) is 110 cm³/mol. The zero-order valence-corrected chi connectivity index (χ0v) is 16.8. The standard InChI is InChI=1S/C23H30N4O/c1-26-17-20(19-5-3-2-4-6-19)15-23(18-26)9-13-27(14-10-23)22(28)8-7-21-16-24-11-12-25-21/h2-6,11-12,16,20H,7-10,13-15,17-18H2,1H3. The van der Waals surface area contributed by atoms with Crippen LogP contribution in [0.2, 0.25) is 0 Å². The number of hydrogen-bond donors (Lipinski definition) is 0. The zero-order valence-electron chi connectivity index (χ0n) is 16.8. The Labute approximate surface area is 167 Å². The molecular formula is C23H30N4O. The van der Waals surface area contributed by atoms with Crippen molar-refractivity contribution in [2.24, 2.45) is 5.41 Å². The summed E-state index contributed by atoms with van der Waals surface area (Å²) in [6, 6.07) is 10.9. The molecule has 2 aliphatic heterocycles. The van der Waals surface area contributed by atoms with E-state index >= 15 is 0 Å². The normalized spacial score (nSPS) is 22.3. The summed E-state index contributed by atoms with van der Waals surface area (Å²) in [5.41, 5.74) is 2.69. The number of carbonyl (C=O) groups excluding carboxylic acids is 1. The van der Waals surface area contributed by atoms with Gasteiger partial charge in [0, 0.05) is 51.2 Å². The van der Waals surface area contributed by atoms with E-state index in [4.69, 9.17) is 0 Å². The van der Waals surface area contributed by atoms with Gasteiger partial charge >= 0.3 is 0 Å². The summed E-state index contributed by atoms with van der Waals surface area (Å²) in [6.45, 7) is 4.05. The Morgan fingerprint density at radius 1 is 1.18 bits per heavy atom. The molecule has 0 bridgehead atoms. The first kappa shape index (κ1) is 19.1. The lowest BCUT2D eigenvalue weighted by Gasteiger charge is -2.49. The number of amides is 1. The number of benzene rings is 1. The summed E-state index contributed by atoms with van der Waals surface area (Å²) in [7, 11) is 2.25. The Kier molecular flexibility index (Phi) is 5.72. The molecule has 2 saturated heterocycles. The maximum atomic E-state index is 12.7. The molecule has 0 saturated carbocycles. The maximum Gasteiger partial charge on any atom is 0.222 e. The van der Waals surface area contributed by atoms with Gasteiger partial charge in [0.1, 0.15) is 0 Å². The second kappa shape index (κ2) is 8.39. The van der Waals surface area contributed by atoms with Gasteiger partial charge in [0.2, 0.25) is 5.91 Å². The SMILES string of the molecule is CN1CC(c2ccccc2)CC2(CCN(C(=O)CCc3cnccn3)CC2)C1. The largest absolute Gasteiger partial charge is 0.343 e. The Bertz CT molecular complexity index is 772. The van der Waals surface area contributed by atoms with Crippen molar-refractivity contribution >= 4 is 5.91 Å². The van der Waals surface area contributed by atoms with Crippen molar-refractivity contribution in [3.05, 3.63) is 60.2 Å². The second-order valence-electron chi connectivity index (χ2n) is 8.59. The van der Waals surface area contributed by atoms with Crippen molar-refractivity contribution in [2.75, 3.05) is 33.2 Å². The monoisotopic (exact) mass is 378 g/mol. The van der Waals surface area contributed by atoms with Crippen LogP contribution in [0.5, 0.6) is 0 Å². The van der Waals surface area contributed by atoms with Crippen LogP contribution >= 0.6 is 0 Å². The molecule has 1 aromatic heterocycles. The lowest BCUT2D eigenvalue weighted by molar-refractivity contribution is -0.134. The molecule has 2 fully saturated rings. The smallest absolute Gasteiger partial charge is 0.222 e. The van der Waals surface area contributed by atoms with Crippen LogP contribution in [0.1, 0.15) is 42.9 Å². The van der Waals surface area contributed by atoms with Crippen molar-refractivity contribution in [3.63, 3.8) is 0 Å². The first-order valence-electron chi connectivity index (χ1n) is 10.4. The summed E-state index contributed by atoms with van der Waals surface area (Å²) in [4.78, 5) is 25.6. The molecule has 0 N–H and O–H groups in total. The van der Waals surface area contributed by atoms with Gasteiger partial charge in [-0.05, 0) is 49.6 Å². The molecule has 0 aliphatic carbocycles. The van der Waals surface area contributed by atoms with E-state index in [-0.39, 0.29) is 5.91 Å². The molecule has 1 amide bonds. The van der Waals surface area contributed by atoms with E-state index in [0.717, 1.165) is 44.7 Å². The fourth-order valence-corrected chi connectivity index (χ4v) is 5.06. The van der Waals surface area contributed by atoms with Crippen LogP contribution in [0.25, 0.3) is 0 Å². The number of rotatable bonds is 4. The average molecular weight is 379 g/mol. The van der Waals surface area contributed by atoms with Crippen LogP contribution in [0.15, 0.2) is 48.9 Å². The molecule has 1 aromatic carbocycles.